The van der Waals surface area contributed by atoms with Crippen molar-refractivity contribution in [1.82, 2.24) is 0 Å². The lowest BCUT2D eigenvalue weighted by molar-refractivity contribution is -0.385. The summed E-state index contributed by atoms with van der Waals surface area (Å²) in [6, 6.07) is 11.2. The molecular weight excluding hydrogens is 333 g/mol. The summed E-state index contributed by atoms with van der Waals surface area (Å²) < 4.78 is 13.5. The van der Waals surface area contributed by atoms with Crippen molar-refractivity contribution < 1.29 is 9.31 Å². The van der Waals surface area contributed by atoms with Crippen molar-refractivity contribution in [3.63, 3.8) is 0 Å². The van der Waals surface area contributed by atoms with Crippen LogP contribution in [0.2, 0.25) is 0 Å². The molecule has 0 heterocycles. The third-order valence-electron chi connectivity index (χ3n) is 2.45. The minimum Gasteiger partial charge on any atom is -0.258 e. The van der Waals surface area contributed by atoms with E-state index in [1.165, 1.54) is 30.0 Å². The summed E-state index contributed by atoms with van der Waals surface area (Å²) in [7, 11) is 0. The molecule has 0 saturated heterocycles. The topological polar surface area (TPSA) is 43.1 Å². The highest BCUT2D eigenvalue weighted by atomic mass is 79.9. The molecule has 0 spiro atoms. The first-order valence-corrected chi connectivity index (χ1v) is 7.16. The molecule has 0 aliphatic rings. The first-order valence-electron chi connectivity index (χ1n) is 5.38. The van der Waals surface area contributed by atoms with E-state index in [0.717, 1.165) is 10.5 Å². The van der Waals surface area contributed by atoms with E-state index in [0.29, 0.717) is 10.2 Å². The van der Waals surface area contributed by atoms with Gasteiger partial charge in [-0.05, 0) is 39.7 Å². The van der Waals surface area contributed by atoms with Gasteiger partial charge in [0.1, 0.15) is 5.82 Å². The number of nitro groups is 1. The van der Waals surface area contributed by atoms with Crippen LogP contribution in [0.1, 0.15) is 5.56 Å². The highest BCUT2D eigenvalue weighted by Gasteiger charge is 2.14. The first-order chi connectivity index (χ1) is 9.08. The number of halogens is 2. The molecule has 0 amide bonds. The Morgan fingerprint density at radius 1 is 1.26 bits per heavy atom. The molecule has 0 bridgehead atoms. The fraction of sp³-hybridized carbons (Fsp3) is 0.0769. The lowest BCUT2D eigenvalue weighted by Crippen LogP contribution is -1.92. The van der Waals surface area contributed by atoms with Crippen molar-refractivity contribution in [3.8, 4) is 0 Å². The van der Waals surface area contributed by atoms with Gasteiger partial charge >= 0.3 is 0 Å². The molecule has 3 nitrogen and oxygen atoms in total. The minimum atomic E-state index is -0.430. The predicted octanol–water partition coefficient (Wildman–Crippen LogP) is 4.79. The van der Waals surface area contributed by atoms with Crippen LogP contribution in [0.15, 0.2) is 51.8 Å². The molecule has 0 aliphatic carbocycles. The van der Waals surface area contributed by atoms with Crippen LogP contribution in [0, 0.1) is 15.9 Å². The Balaban J connectivity index is 2.16. The molecule has 0 N–H and O–H groups in total. The van der Waals surface area contributed by atoms with Crippen molar-refractivity contribution in [2.45, 2.75) is 10.6 Å². The highest BCUT2D eigenvalue weighted by molar-refractivity contribution is 9.10. The second-order valence-electron chi connectivity index (χ2n) is 3.75. The molecule has 0 unspecified atom stereocenters. The van der Waals surface area contributed by atoms with Crippen LogP contribution in [0.25, 0.3) is 0 Å². The Hall–Kier alpha value is -1.40. The Kier molecular flexibility index (Phi) is 4.55. The lowest BCUT2D eigenvalue weighted by atomic mass is 10.2. The average molecular weight is 342 g/mol. The molecule has 0 aromatic heterocycles. The number of nitro benzene ring substituents is 1. The quantitative estimate of drug-likeness (QED) is 0.456. The number of nitrogens with zero attached hydrogens (tertiary/aromatic N) is 1. The molecule has 19 heavy (non-hydrogen) atoms. The van der Waals surface area contributed by atoms with Crippen LogP contribution >= 0.6 is 27.7 Å². The van der Waals surface area contributed by atoms with Crippen LogP contribution in [-0.2, 0) is 5.75 Å². The van der Waals surface area contributed by atoms with Crippen LogP contribution in [0.5, 0.6) is 0 Å². The number of hydrogen-bond donors (Lipinski definition) is 0. The molecule has 0 saturated carbocycles. The second-order valence-corrected chi connectivity index (χ2v) is 5.60. The highest BCUT2D eigenvalue weighted by Crippen LogP contribution is 2.32. The monoisotopic (exact) mass is 341 g/mol. The largest absolute Gasteiger partial charge is 0.283 e. The third-order valence-corrected chi connectivity index (χ3v) is 4.40. The van der Waals surface area contributed by atoms with Gasteiger partial charge in [0.15, 0.2) is 0 Å². The van der Waals surface area contributed by atoms with Crippen molar-refractivity contribution in [2.24, 2.45) is 0 Å². The summed E-state index contributed by atoms with van der Waals surface area (Å²) in [5, 5.41) is 10.8. The summed E-state index contributed by atoms with van der Waals surface area (Å²) in [5.41, 5.74) is 0.848. The molecule has 2 aromatic rings. The molecule has 6 heteroatoms. The molecule has 0 aliphatic heterocycles. The normalized spacial score (nSPS) is 10.4. The Morgan fingerprint density at radius 3 is 2.68 bits per heavy atom. The molecule has 0 radical (unpaired) electrons. The van der Waals surface area contributed by atoms with Gasteiger partial charge in [-0.1, -0.05) is 18.2 Å². The minimum absolute atomic E-state index is 0.0392. The van der Waals surface area contributed by atoms with E-state index < -0.39 is 4.92 Å². The zero-order valence-corrected chi connectivity index (χ0v) is 12.1. The number of thioether (sulfide) groups is 1. The fourth-order valence-electron chi connectivity index (χ4n) is 1.54. The molecule has 98 valence electrons. The van der Waals surface area contributed by atoms with Crippen molar-refractivity contribution in [1.29, 1.82) is 0 Å². The Bertz CT molecular complexity index is 621. The Morgan fingerprint density at radius 2 is 2.00 bits per heavy atom. The average Bonchev–Trinajstić information content (AvgIpc) is 2.37. The standard InChI is InChI=1S/C13H9BrFNO2S/c14-13-9(3-1-6-12(13)16(17)18)8-19-11-5-2-4-10(15)7-11/h1-7H,8H2. The van der Waals surface area contributed by atoms with Gasteiger partial charge in [-0.25, -0.2) is 4.39 Å². The van der Waals surface area contributed by atoms with Gasteiger partial charge in [-0.15, -0.1) is 11.8 Å². The summed E-state index contributed by atoms with van der Waals surface area (Å²) in [4.78, 5) is 11.2. The SMILES string of the molecule is O=[N+]([O-])c1cccc(CSc2cccc(F)c2)c1Br. The van der Waals surface area contributed by atoms with Gasteiger partial charge in [-0.2, -0.15) is 0 Å². The van der Waals surface area contributed by atoms with E-state index >= 15 is 0 Å². The summed E-state index contributed by atoms with van der Waals surface area (Å²) in [5.74, 6) is 0.245. The van der Waals surface area contributed by atoms with Crippen LogP contribution < -0.4 is 0 Å². The molecule has 0 fully saturated rings. The molecule has 2 rings (SSSR count). The lowest BCUT2D eigenvalue weighted by Gasteiger charge is -2.05. The summed E-state index contributed by atoms with van der Waals surface area (Å²) in [6.07, 6.45) is 0. The van der Waals surface area contributed by atoms with Crippen molar-refractivity contribution in [2.75, 3.05) is 0 Å². The van der Waals surface area contributed by atoms with Gasteiger partial charge < -0.3 is 0 Å². The van der Waals surface area contributed by atoms with Gasteiger partial charge in [0, 0.05) is 16.7 Å². The van der Waals surface area contributed by atoms with Gasteiger partial charge in [-0.3, -0.25) is 10.1 Å². The predicted molar refractivity (Wildman–Crippen MR) is 76.8 cm³/mol. The molecular formula is C13H9BrFNO2S. The van der Waals surface area contributed by atoms with E-state index in [2.05, 4.69) is 15.9 Å². The van der Waals surface area contributed by atoms with Crippen molar-refractivity contribution in [3.05, 3.63) is 68.4 Å². The van der Waals surface area contributed by atoms with E-state index in [1.807, 2.05) is 6.07 Å². The first kappa shape index (κ1) is 14.0. The summed E-state index contributed by atoms with van der Waals surface area (Å²) >= 11 is 4.67. The Labute approximate surface area is 122 Å². The summed E-state index contributed by atoms with van der Waals surface area (Å²) in [6.45, 7) is 0. The van der Waals surface area contributed by atoms with Crippen LogP contribution in [-0.4, -0.2) is 4.92 Å². The fourth-order valence-corrected chi connectivity index (χ4v) is 3.20. The molecule has 0 atom stereocenters. The van der Waals surface area contributed by atoms with Crippen molar-refractivity contribution >= 4 is 33.4 Å². The maximum Gasteiger partial charge on any atom is 0.283 e. The zero-order valence-electron chi connectivity index (χ0n) is 9.68. The number of hydrogen-bond acceptors (Lipinski definition) is 3. The van der Waals surface area contributed by atoms with Crippen LogP contribution in [0.4, 0.5) is 10.1 Å². The molecule has 2 aromatic carbocycles. The second kappa shape index (κ2) is 6.16. The third kappa shape index (κ3) is 3.54. The number of rotatable bonds is 4. The van der Waals surface area contributed by atoms with E-state index in [4.69, 9.17) is 0 Å². The van der Waals surface area contributed by atoms with Gasteiger partial charge in [0.2, 0.25) is 0 Å². The smallest absolute Gasteiger partial charge is 0.258 e. The van der Waals surface area contributed by atoms with E-state index in [9.17, 15) is 14.5 Å². The number of benzene rings is 2. The maximum atomic E-state index is 13.0. The van der Waals surface area contributed by atoms with Crippen LogP contribution in [0.3, 0.4) is 0 Å². The zero-order chi connectivity index (χ0) is 13.8. The van der Waals surface area contributed by atoms with Gasteiger partial charge in [0.25, 0.3) is 5.69 Å². The van der Waals surface area contributed by atoms with E-state index in [-0.39, 0.29) is 11.5 Å². The van der Waals surface area contributed by atoms with Gasteiger partial charge in [0.05, 0.1) is 9.40 Å². The van der Waals surface area contributed by atoms with E-state index in [1.54, 1.807) is 18.2 Å². The maximum absolute atomic E-state index is 13.0.